The topological polar surface area (TPSA) is 61.5 Å². The number of carbonyl (C=O) groups is 1. The molecule has 0 heterocycles. The number of methoxy groups -OCH3 is 1. The number of fused-ring (bicyclic) bond motifs is 1. The minimum absolute atomic E-state index is 0.00836. The van der Waals surface area contributed by atoms with E-state index in [0.29, 0.717) is 11.8 Å². The normalized spacial score (nSPS) is 25.1. The maximum absolute atomic E-state index is 11.6. The van der Waals surface area contributed by atoms with Gasteiger partial charge in [0.05, 0.1) is 0 Å². The highest BCUT2D eigenvalue weighted by molar-refractivity contribution is 6.99. The van der Waals surface area contributed by atoms with Gasteiger partial charge in [0.15, 0.2) is 0 Å². The quantitative estimate of drug-likeness (QED) is 0.748. The first-order chi connectivity index (χ1) is 14.3. The lowest BCUT2D eigenvalue weighted by Gasteiger charge is -2.45. The molecule has 5 heteroatoms. The average Bonchev–Trinajstić information content (AvgIpc) is 3.23. The molecule has 0 aromatic heterocycles. The summed E-state index contributed by atoms with van der Waals surface area (Å²) >= 11 is 0. The molecule has 2 aliphatic rings. The van der Waals surface area contributed by atoms with Crippen molar-refractivity contribution in [3.8, 4) is 0 Å². The first kappa shape index (κ1) is 22.7. The van der Waals surface area contributed by atoms with Crippen LogP contribution in [0.3, 0.4) is 0 Å². The predicted molar refractivity (Wildman–Crippen MR) is 124 cm³/mol. The lowest BCUT2D eigenvalue weighted by molar-refractivity contribution is -0.120. The number of hydrogen-bond donors (Lipinski definition) is 1. The zero-order valence-corrected chi connectivity index (χ0v) is 19.8. The Balaban J connectivity index is 0.000000806. The van der Waals surface area contributed by atoms with Crippen LogP contribution in [0.4, 0.5) is 0 Å². The molecule has 0 spiro atoms. The standard InChI is InChI=1S/C23H29NO2Si.C2H6O/c1-23(2,3)27(17-10-6-4-7-11-17,18-12-8-5-9-13-18)26-16-14-19-20(15-16)21(19)22(24)25;1-3-2/h4-13,16,19-21H,14-15H2,1-3H3,(H2,24,25);1-2H3. The minimum Gasteiger partial charge on any atom is -0.404 e. The Morgan fingerprint density at radius 1 is 0.900 bits per heavy atom. The molecule has 4 nitrogen and oxygen atoms in total. The zero-order valence-electron chi connectivity index (χ0n) is 18.8. The van der Waals surface area contributed by atoms with Crippen LogP contribution < -0.4 is 16.1 Å². The molecule has 2 atom stereocenters. The first-order valence-corrected chi connectivity index (χ1v) is 12.7. The summed E-state index contributed by atoms with van der Waals surface area (Å²) in [5.74, 6) is 0.828. The summed E-state index contributed by atoms with van der Waals surface area (Å²) in [7, 11) is 0.761. The van der Waals surface area contributed by atoms with Crippen molar-refractivity contribution in [2.24, 2.45) is 23.5 Å². The molecule has 2 fully saturated rings. The molecule has 2 aromatic carbocycles. The second-order valence-electron chi connectivity index (χ2n) is 9.54. The van der Waals surface area contributed by atoms with Crippen LogP contribution in [-0.2, 0) is 14.0 Å². The van der Waals surface area contributed by atoms with Crippen molar-refractivity contribution >= 4 is 24.6 Å². The summed E-state index contributed by atoms with van der Waals surface area (Å²) in [4.78, 5) is 11.6. The van der Waals surface area contributed by atoms with E-state index in [4.69, 9.17) is 10.2 Å². The van der Waals surface area contributed by atoms with Crippen molar-refractivity contribution in [2.45, 2.75) is 44.8 Å². The van der Waals surface area contributed by atoms with Crippen molar-refractivity contribution in [3.63, 3.8) is 0 Å². The molecule has 4 rings (SSSR count). The summed E-state index contributed by atoms with van der Waals surface area (Å²) in [6.07, 6.45) is 2.13. The van der Waals surface area contributed by atoms with Crippen LogP contribution in [0, 0.1) is 17.8 Å². The second-order valence-corrected chi connectivity index (χ2v) is 13.8. The molecular formula is C25H35NO3Si. The second kappa shape index (κ2) is 9.04. The van der Waals surface area contributed by atoms with Crippen molar-refractivity contribution in [1.82, 2.24) is 0 Å². The van der Waals surface area contributed by atoms with Gasteiger partial charge in [0.2, 0.25) is 5.91 Å². The van der Waals surface area contributed by atoms with E-state index in [1.165, 1.54) is 10.4 Å². The lowest BCUT2D eigenvalue weighted by atomic mass is 10.1. The van der Waals surface area contributed by atoms with Crippen molar-refractivity contribution in [2.75, 3.05) is 14.2 Å². The van der Waals surface area contributed by atoms with E-state index in [-0.39, 0.29) is 23.0 Å². The molecule has 0 saturated heterocycles. The Kier molecular flexibility index (Phi) is 6.85. The molecule has 2 unspecified atom stereocenters. The fraction of sp³-hybridized carbons (Fsp3) is 0.480. The van der Waals surface area contributed by atoms with E-state index in [1.807, 2.05) is 0 Å². The molecule has 30 heavy (non-hydrogen) atoms. The fourth-order valence-electron chi connectivity index (χ4n) is 5.25. The Hall–Kier alpha value is -1.95. The monoisotopic (exact) mass is 425 g/mol. The maximum atomic E-state index is 11.6. The van der Waals surface area contributed by atoms with Gasteiger partial charge in [-0.25, -0.2) is 0 Å². The number of ether oxygens (including phenoxy) is 1. The summed E-state index contributed by atoms with van der Waals surface area (Å²) in [6.45, 7) is 6.92. The van der Waals surface area contributed by atoms with Crippen molar-refractivity contribution < 1.29 is 14.0 Å². The average molecular weight is 426 g/mol. The number of carbonyl (C=O) groups excluding carboxylic acids is 1. The fourth-order valence-corrected chi connectivity index (χ4v) is 9.96. The number of amides is 1. The van der Waals surface area contributed by atoms with Gasteiger partial charge in [-0.05, 0) is 40.1 Å². The van der Waals surface area contributed by atoms with Gasteiger partial charge in [0.1, 0.15) is 0 Å². The van der Waals surface area contributed by atoms with Gasteiger partial charge >= 0.3 is 0 Å². The molecule has 1 amide bonds. The van der Waals surface area contributed by atoms with Gasteiger partial charge in [-0.3, -0.25) is 4.79 Å². The third kappa shape index (κ3) is 4.24. The number of benzene rings is 2. The molecular weight excluding hydrogens is 390 g/mol. The Morgan fingerprint density at radius 3 is 1.63 bits per heavy atom. The first-order valence-electron chi connectivity index (χ1n) is 10.7. The molecule has 162 valence electrons. The van der Waals surface area contributed by atoms with Crippen LogP contribution in [0.5, 0.6) is 0 Å². The summed E-state index contributed by atoms with van der Waals surface area (Å²) in [5, 5.41) is 2.62. The maximum Gasteiger partial charge on any atom is 0.261 e. The van der Waals surface area contributed by atoms with Gasteiger partial charge in [-0.1, -0.05) is 81.4 Å². The van der Waals surface area contributed by atoms with Gasteiger partial charge in [0, 0.05) is 26.2 Å². The molecule has 2 saturated carbocycles. The molecule has 2 aliphatic carbocycles. The number of nitrogens with two attached hydrogens (primary N) is 1. The number of rotatable bonds is 5. The largest absolute Gasteiger partial charge is 0.404 e. The van der Waals surface area contributed by atoms with Crippen LogP contribution in [0.1, 0.15) is 33.6 Å². The summed E-state index contributed by atoms with van der Waals surface area (Å²) in [6, 6.07) is 21.5. The van der Waals surface area contributed by atoms with E-state index in [9.17, 15) is 4.79 Å². The highest BCUT2D eigenvalue weighted by atomic mass is 28.4. The van der Waals surface area contributed by atoms with Crippen LogP contribution in [-0.4, -0.2) is 34.5 Å². The molecule has 0 radical (unpaired) electrons. The van der Waals surface area contributed by atoms with E-state index < -0.39 is 8.32 Å². The van der Waals surface area contributed by atoms with E-state index >= 15 is 0 Å². The Labute approximate surface area is 181 Å². The Morgan fingerprint density at radius 2 is 1.30 bits per heavy atom. The van der Waals surface area contributed by atoms with Gasteiger partial charge in [0.25, 0.3) is 8.32 Å². The molecule has 2 N–H and O–H groups in total. The molecule has 2 aromatic rings. The van der Waals surface area contributed by atoms with Crippen molar-refractivity contribution in [1.29, 1.82) is 0 Å². The summed E-state index contributed by atoms with van der Waals surface area (Å²) < 4.78 is 11.4. The van der Waals surface area contributed by atoms with Crippen LogP contribution >= 0.6 is 0 Å². The minimum atomic E-state index is -2.49. The molecule has 0 aliphatic heterocycles. The van der Waals surface area contributed by atoms with Crippen molar-refractivity contribution in [3.05, 3.63) is 60.7 Å². The van der Waals surface area contributed by atoms with E-state index in [1.54, 1.807) is 14.2 Å². The number of hydrogen-bond acceptors (Lipinski definition) is 3. The summed E-state index contributed by atoms with van der Waals surface area (Å²) in [5.41, 5.74) is 5.54. The highest BCUT2D eigenvalue weighted by Crippen LogP contribution is 2.58. The van der Waals surface area contributed by atoms with Gasteiger partial charge in [-0.2, -0.15) is 0 Å². The van der Waals surface area contributed by atoms with E-state index in [0.717, 1.165) is 12.8 Å². The Bertz CT molecular complexity index is 783. The molecule has 0 bridgehead atoms. The third-order valence-electron chi connectivity index (χ3n) is 6.49. The predicted octanol–water partition coefficient (Wildman–Crippen LogP) is 3.34. The van der Waals surface area contributed by atoms with E-state index in [2.05, 4.69) is 86.2 Å². The third-order valence-corrected chi connectivity index (χ3v) is 11.6. The lowest BCUT2D eigenvalue weighted by Crippen LogP contribution is -2.67. The number of primary amides is 1. The zero-order chi connectivity index (χ0) is 21.9. The van der Waals surface area contributed by atoms with Crippen LogP contribution in [0.2, 0.25) is 5.04 Å². The van der Waals surface area contributed by atoms with Crippen LogP contribution in [0.15, 0.2) is 60.7 Å². The SMILES string of the molecule is CC(C)(C)[Si](OC1CC2C(C1)C2C(N)=O)(c1ccccc1)c1ccccc1.COC. The van der Waals surface area contributed by atoms with Crippen LogP contribution in [0.25, 0.3) is 0 Å². The van der Waals surface area contributed by atoms with Gasteiger partial charge in [-0.15, -0.1) is 0 Å². The van der Waals surface area contributed by atoms with Gasteiger partial charge < -0.3 is 14.9 Å². The smallest absolute Gasteiger partial charge is 0.261 e. The highest BCUT2D eigenvalue weighted by Gasteiger charge is 2.61.